The standard InChI is InChI=1S/C15H14FN7O3/c1-10-13(23(25)26)6-18-22(10)8-14(24)19-15-17-9-21(20-15)7-11-2-4-12(16)5-3-11/h2-6,9H,7-8H2,1H3,(H,19,20,24). The first-order valence-corrected chi connectivity index (χ1v) is 7.53. The summed E-state index contributed by atoms with van der Waals surface area (Å²) in [5.74, 6) is -0.698. The predicted molar refractivity (Wildman–Crippen MR) is 87.8 cm³/mol. The number of aromatic nitrogens is 5. The van der Waals surface area contributed by atoms with Gasteiger partial charge in [0.15, 0.2) is 0 Å². The number of carbonyl (C=O) groups is 1. The molecule has 0 spiro atoms. The third kappa shape index (κ3) is 3.88. The normalized spacial score (nSPS) is 10.7. The van der Waals surface area contributed by atoms with Gasteiger partial charge in [0.25, 0.3) is 0 Å². The average molecular weight is 359 g/mol. The molecule has 11 heteroatoms. The molecule has 10 nitrogen and oxygen atoms in total. The molecule has 0 saturated heterocycles. The second kappa shape index (κ2) is 7.09. The molecular weight excluding hydrogens is 345 g/mol. The van der Waals surface area contributed by atoms with Crippen molar-refractivity contribution >= 4 is 17.5 Å². The Balaban J connectivity index is 1.61. The van der Waals surface area contributed by atoms with Gasteiger partial charge in [-0.3, -0.25) is 24.9 Å². The maximum absolute atomic E-state index is 12.9. The van der Waals surface area contributed by atoms with Crippen LogP contribution < -0.4 is 5.32 Å². The molecule has 3 rings (SSSR count). The monoisotopic (exact) mass is 359 g/mol. The number of nitrogens with zero attached hydrogens (tertiary/aromatic N) is 6. The topological polar surface area (TPSA) is 121 Å². The summed E-state index contributed by atoms with van der Waals surface area (Å²) in [7, 11) is 0. The third-order valence-corrected chi connectivity index (χ3v) is 3.61. The van der Waals surface area contributed by atoms with Crippen molar-refractivity contribution in [1.29, 1.82) is 0 Å². The highest BCUT2D eigenvalue weighted by molar-refractivity contribution is 5.88. The van der Waals surface area contributed by atoms with Crippen molar-refractivity contribution in [3.05, 3.63) is 64.0 Å². The van der Waals surface area contributed by atoms with Crippen molar-refractivity contribution in [2.24, 2.45) is 0 Å². The van der Waals surface area contributed by atoms with Gasteiger partial charge < -0.3 is 0 Å². The Hall–Kier alpha value is -3.63. The summed E-state index contributed by atoms with van der Waals surface area (Å²) in [4.78, 5) is 26.3. The zero-order valence-electron chi connectivity index (χ0n) is 13.7. The van der Waals surface area contributed by atoms with E-state index in [1.165, 1.54) is 34.7 Å². The smallest absolute Gasteiger partial charge is 0.292 e. The molecule has 0 bridgehead atoms. The van der Waals surface area contributed by atoms with Crippen LogP contribution in [0.3, 0.4) is 0 Å². The highest BCUT2D eigenvalue weighted by atomic mass is 19.1. The van der Waals surface area contributed by atoms with E-state index >= 15 is 0 Å². The van der Waals surface area contributed by atoms with Gasteiger partial charge in [-0.15, -0.1) is 5.10 Å². The van der Waals surface area contributed by atoms with Crippen LogP contribution in [0.5, 0.6) is 0 Å². The van der Waals surface area contributed by atoms with Crippen LogP contribution in [0.25, 0.3) is 0 Å². The van der Waals surface area contributed by atoms with E-state index in [1.807, 2.05) is 0 Å². The van der Waals surface area contributed by atoms with Crippen molar-refractivity contribution in [2.75, 3.05) is 5.32 Å². The van der Waals surface area contributed by atoms with Crippen LogP contribution in [0.1, 0.15) is 11.3 Å². The number of anilines is 1. The first kappa shape index (κ1) is 17.2. The van der Waals surface area contributed by atoms with Gasteiger partial charge >= 0.3 is 5.69 Å². The molecule has 0 unspecified atom stereocenters. The van der Waals surface area contributed by atoms with Gasteiger partial charge in [-0.1, -0.05) is 12.1 Å². The summed E-state index contributed by atoms with van der Waals surface area (Å²) < 4.78 is 15.6. The minimum Gasteiger partial charge on any atom is -0.292 e. The van der Waals surface area contributed by atoms with Gasteiger partial charge in [0.2, 0.25) is 11.9 Å². The zero-order chi connectivity index (χ0) is 18.7. The number of hydrogen-bond donors (Lipinski definition) is 1. The van der Waals surface area contributed by atoms with E-state index in [2.05, 4.69) is 20.5 Å². The van der Waals surface area contributed by atoms with Crippen LogP contribution in [-0.4, -0.2) is 35.4 Å². The minimum absolute atomic E-state index is 0.0939. The van der Waals surface area contributed by atoms with Gasteiger partial charge in [-0.05, 0) is 24.6 Å². The third-order valence-electron chi connectivity index (χ3n) is 3.61. The molecule has 0 fully saturated rings. The largest absolute Gasteiger partial charge is 0.309 e. The number of carbonyl (C=O) groups excluding carboxylic acids is 1. The van der Waals surface area contributed by atoms with E-state index < -0.39 is 10.8 Å². The first-order valence-electron chi connectivity index (χ1n) is 7.53. The van der Waals surface area contributed by atoms with Gasteiger partial charge in [0.05, 0.1) is 11.5 Å². The lowest BCUT2D eigenvalue weighted by molar-refractivity contribution is -0.385. The van der Waals surface area contributed by atoms with Crippen LogP contribution >= 0.6 is 0 Å². The molecule has 1 amide bonds. The molecule has 0 aliphatic heterocycles. The number of benzene rings is 1. The van der Waals surface area contributed by atoms with E-state index in [0.29, 0.717) is 6.54 Å². The molecule has 0 atom stereocenters. The minimum atomic E-state index is -0.560. The lowest BCUT2D eigenvalue weighted by Crippen LogP contribution is -2.21. The van der Waals surface area contributed by atoms with Crippen LogP contribution in [-0.2, 0) is 17.9 Å². The molecule has 2 heterocycles. The van der Waals surface area contributed by atoms with Crippen molar-refractivity contribution in [2.45, 2.75) is 20.0 Å². The quantitative estimate of drug-likeness (QED) is 0.526. The molecule has 1 aromatic carbocycles. The fourth-order valence-electron chi connectivity index (χ4n) is 2.28. The molecule has 1 N–H and O–H groups in total. The Bertz CT molecular complexity index is 949. The molecular formula is C15H14FN7O3. The van der Waals surface area contributed by atoms with Crippen LogP contribution in [0.2, 0.25) is 0 Å². The second-order valence-corrected chi connectivity index (χ2v) is 5.47. The number of hydrogen-bond acceptors (Lipinski definition) is 6. The van der Waals surface area contributed by atoms with Crippen molar-refractivity contribution < 1.29 is 14.1 Å². The highest BCUT2D eigenvalue weighted by Crippen LogP contribution is 2.16. The van der Waals surface area contributed by atoms with Crippen molar-refractivity contribution in [1.82, 2.24) is 24.5 Å². The number of nitro groups is 1. The molecule has 0 aliphatic carbocycles. The van der Waals surface area contributed by atoms with E-state index in [9.17, 15) is 19.3 Å². The Kier molecular flexibility index (Phi) is 4.69. The lowest BCUT2D eigenvalue weighted by Gasteiger charge is -2.03. The fourth-order valence-corrected chi connectivity index (χ4v) is 2.28. The zero-order valence-corrected chi connectivity index (χ0v) is 13.7. The molecule has 0 saturated carbocycles. The van der Waals surface area contributed by atoms with E-state index in [0.717, 1.165) is 11.8 Å². The first-order chi connectivity index (χ1) is 12.4. The molecule has 26 heavy (non-hydrogen) atoms. The summed E-state index contributed by atoms with van der Waals surface area (Å²) in [6, 6.07) is 5.95. The van der Waals surface area contributed by atoms with Gasteiger partial charge in [-0.2, -0.15) is 5.10 Å². The van der Waals surface area contributed by atoms with Gasteiger partial charge in [0, 0.05) is 0 Å². The SMILES string of the molecule is Cc1c([N+](=O)[O-])cnn1CC(=O)Nc1ncn(Cc2ccc(F)cc2)n1. The Labute approximate surface area is 146 Å². The molecule has 0 aliphatic rings. The number of nitrogens with one attached hydrogen (secondary N) is 1. The van der Waals surface area contributed by atoms with E-state index in [-0.39, 0.29) is 29.7 Å². The van der Waals surface area contributed by atoms with Gasteiger partial charge in [-0.25, -0.2) is 14.1 Å². The lowest BCUT2D eigenvalue weighted by atomic mass is 10.2. The van der Waals surface area contributed by atoms with E-state index in [1.54, 1.807) is 12.1 Å². The Morgan fingerprint density at radius 1 is 1.35 bits per heavy atom. The summed E-state index contributed by atoms with van der Waals surface area (Å²) in [5, 5.41) is 21.2. The highest BCUT2D eigenvalue weighted by Gasteiger charge is 2.18. The molecule has 134 valence electrons. The van der Waals surface area contributed by atoms with Crippen LogP contribution in [0.4, 0.5) is 16.0 Å². The fraction of sp³-hybridized carbons (Fsp3) is 0.200. The summed E-state index contributed by atoms with van der Waals surface area (Å²) in [5.41, 5.74) is 0.952. The second-order valence-electron chi connectivity index (χ2n) is 5.47. The van der Waals surface area contributed by atoms with Crippen LogP contribution in [0, 0.1) is 22.9 Å². The maximum Gasteiger partial charge on any atom is 0.309 e. The summed E-state index contributed by atoms with van der Waals surface area (Å²) in [6.07, 6.45) is 2.53. The number of amides is 1. The summed E-state index contributed by atoms with van der Waals surface area (Å²) >= 11 is 0. The summed E-state index contributed by atoms with van der Waals surface area (Å²) in [6.45, 7) is 1.67. The van der Waals surface area contributed by atoms with Gasteiger partial charge in [0.1, 0.15) is 30.6 Å². The Morgan fingerprint density at radius 3 is 2.73 bits per heavy atom. The van der Waals surface area contributed by atoms with Crippen molar-refractivity contribution in [3.63, 3.8) is 0 Å². The predicted octanol–water partition coefficient (Wildman–Crippen LogP) is 1.52. The molecule has 3 aromatic rings. The molecule has 0 radical (unpaired) electrons. The number of halogens is 1. The molecule has 2 aromatic heterocycles. The maximum atomic E-state index is 12.9. The average Bonchev–Trinajstić information content (AvgIpc) is 3.17. The van der Waals surface area contributed by atoms with Crippen molar-refractivity contribution in [3.8, 4) is 0 Å². The van der Waals surface area contributed by atoms with Crippen LogP contribution in [0.15, 0.2) is 36.8 Å². The number of rotatable bonds is 6. The Morgan fingerprint density at radius 2 is 2.08 bits per heavy atom. The van der Waals surface area contributed by atoms with E-state index in [4.69, 9.17) is 0 Å².